The first kappa shape index (κ1) is 35.1. The van der Waals surface area contributed by atoms with Gasteiger partial charge in [0.2, 0.25) is 5.91 Å². The largest absolute Gasteiger partial charge is 0.444 e. The topological polar surface area (TPSA) is 136 Å². The highest BCUT2D eigenvalue weighted by atomic mass is 16.6. The molecule has 4 aliphatic rings. The van der Waals surface area contributed by atoms with Gasteiger partial charge in [-0.05, 0) is 115 Å². The molecular formula is C41H50N8O4. The molecule has 4 aromatic rings. The number of piperidine rings is 2. The summed E-state index contributed by atoms with van der Waals surface area (Å²) in [6.45, 7) is 10.8. The first-order chi connectivity index (χ1) is 25.4. The van der Waals surface area contributed by atoms with Crippen LogP contribution in [0.1, 0.15) is 87.2 Å². The fourth-order valence-corrected chi connectivity index (χ4v) is 8.74. The molecule has 0 unspecified atom stereocenters. The number of fused-ring (bicyclic) bond motifs is 3. The average Bonchev–Trinajstić information content (AvgIpc) is 3.69. The average molecular weight is 719 g/mol. The Labute approximate surface area is 310 Å². The molecule has 0 bridgehead atoms. The fourth-order valence-electron chi connectivity index (χ4n) is 8.74. The number of nitrogens with one attached hydrogen (secondary N) is 3. The van der Waals surface area contributed by atoms with E-state index < -0.39 is 11.0 Å². The number of carbonyl (C=O) groups is 3. The van der Waals surface area contributed by atoms with Crippen LogP contribution in [0.5, 0.6) is 0 Å². The Morgan fingerprint density at radius 1 is 0.962 bits per heavy atom. The number of hydrogen-bond donors (Lipinski definition) is 3. The highest BCUT2D eigenvalue weighted by Gasteiger charge is 2.56. The number of imidazole rings is 1. The number of likely N-dealkylation sites (tertiary alicyclic amines) is 2. The van der Waals surface area contributed by atoms with Crippen LogP contribution in [0.25, 0.3) is 22.3 Å². The van der Waals surface area contributed by atoms with E-state index in [2.05, 4.69) is 48.6 Å². The molecule has 3 aliphatic heterocycles. The molecule has 2 saturated heterocycles. The zero-order valence-electron chi connectivity index (χ0n) is 31.4. The molecule has 2 aromatic carbocycles. The Kier molecular flexibility index (Phi) is 8.91. The third kappa shape index (κ3) is 6.40. The maximum absolute atomic E-state index is 14.8. The predicted molar refractivity (Wildman–Crippen MR) is 206 cm³/mol. The van der Waals surface area contributed by atoms with Crippen LogP contribution in [0, 0.1) is 6.92 Å². The van der Waals surface area contributed by atoms with Gasteiger partial charge in [-0.3, -0.25) is 9.59 Å². The summed E-state index contributed by atoms with van der Waals surface area (Å²) in [4.78, 5) is 59.8. The number of amides is 3. The van der Waals surface area contributed by atoms with Crippen LogP contribution < -0.4 is 15.5 Å². The van der Waals surface area contributed by atoms with Crippen LogP contribution in [0.15, 0.2) is 48.8 Å². The second-order valence-corrected chi connectivity index (χ2v) is 16.2. The van der Waals surface area contributed by atoms with E-state index in [4.69, 9.17) is 9.72 Å². The highest BCUT2D eigenvalue weighted by molar-refractivity contribution is 6.09. The monoisotopic (exact) mass is 718 g/mol. The van der Waals surface area contributed by atoms with Crippen molar-refractivity contribution in [1.82, 2.24) is 30.1 Å². The quantitative estimate of drug-likeness (QED) is 0.201. The minimum atomic E-state index is -0.690. The zero-order chi connectivity index (χ0) is 37.1. The summed E-state index contributed by atoms with van der Waals surface area (Å²) in [5, 5.41) is 6.13. The van der Waals surface area contributed by atoms with Gasteiger partial charge in [0.1, 0.15) is 11.1 Å². The molecule has 12 heteroatoms. The lowest BCUT2D eigenvalue weighted by atomic mass is 9.73. The molecule has 2 aromatic heterocycles. The summed E-state index contributed by atoms with van der Waals surface area (Å²) in [6, 6.07) is 14.6. The first-order valence-electron chi connectivity index (χ1n) is 19.1. The molecule has 3 N–H and O–H groups in total. The van der Waals surface area contributed by atoms with Crippen molar-refractivity contribution in [3.63, 3.8) is 0 Å². The number of hydrogen-bond acceptors (Lipinski definition) is 8. The number of pyridine rings is 1. The number of anilines is 3. The summed E-state index contributed by atoms with van der Waals surface area (Å²) in [5.41, 5.74) is 6.04. The van der Waals surface area contributed by atoms with Crippen LogP contribution in [0.2, 0.25) is 0 Å². The van der Waals surface area contributed by atoms with Crippen molar-refractivity contribution in [2.45, 2.75) is 95.7 Å². The molecule has 278 valence electrons. The van der Waals surface area contributed by atoms with Crippen LogP contribution >= 0.6 is 0 Å². The molecule has 8 rings (SSSR count). The van der Waals surface area contributed by atoms with Crippen LogP contribution in [-0.2, 0) is 14.9 Å². The Morgan fingerprint density at radius 3 is 2.43 bits per heavy atom. The van der Waals surface area contributed by atoms with E-state index in [1.165, 1.54) is 19.3 Å². The van der Waals surface area contributed by atoms with Gasteiger partial charge in [0.05, 0.1) is 23.0 Å². The molecule has 1 saturated carbocycles. The van der Waals surface area contributed by atoms with E-state index in [9.17, 15) is 14.4 Å². The van der Waals surface area contributed by atoms with Crippen molar-refractivity contribution < 1.29 is 19.1 Å². The second kappa shape index (κ2) is 13.5. The van der Waals surface area contributed by atoms with Crippen molar-refractivity contribution in [1.29, 1.82) is 0 Å². The van der Waals surface area contributed by atoms with Crippen LogP contribution in [0.3, 0.4) is 0 Å². The molecule has 5 heterocycles. The molecule has 3 fully saturated rings. The lowest BCUT2D eigenvalue weighted by Gasteiger charge is -2.48. The SMILES string of the molecule is CNC(=O)c1cc(Nc2nc(-c3ccc4c(c3)N(C3CC(N5CCCCC5)C3)C(=O)C43CCN(C(=O)OC(C)(C)C)CC3)cc3[nH]cnc23)ccc1C. The van der Waals surface area contributed by atoms with Gasteiger partial charge >= 0.3 is 6.09 Å². The third-order valence-corrected chi connectivity index (χ3v) is 11.7. The Bertz CT molecular complexity index is 2070. The summed E-state index contributed by atoms with van der Waals surface area (Å²) in [6.07, 6.45) is 8.16. The predicted octanol–water partition coefficient (Wildman–Crippen LogP) is 6.67. The molecule has 0 radical (unpaired) electrons. The van der Waals surface area contributed by atoms with Crippen molar-refractivity contribution in [2.24, 2.45) is 0 Å². The first-order valence-corrected chi connectivity index (χ1v) is 19.1. The number of aromatic nitrogens is 3. The van der Waals surface area contributed by atoms with Crippen molar-refractivity contribution in [2.75, 3.05) is 43.4 Å². The number of carbonyl (C=O) groups excluding carboxylic acids is 3. The van der Waals surface area contributed by atoms with E-state index in [0.29, 0.717) is 48.9 Å². The molecule has 3 amide bonds. The fraction of sp³-hybridized carbons (Fsp3) is 0.488. The maximum atomic E-state index is 14.8. The molecule has 12 nitrogen and oxygen atoms in total. The third-order valence-electron chi connectivity index (χ3n) is 11.7. The Morgan fingerprint density at radius 2 is 1.72 bits per heavy atom. The van der Waals surface area contributed by atoms with Gasteiger partial charge in [-0.1, -0.05) is 24.6 Å². The number of benzene rings is 2. The van der Waals surface area contributed by atoms with E-state index in [1.54, 1.807) is 18.3 Å². The summed E-state index contributed by atoms with van der Waals surface area (Å²) < 4.78 is 5.69. The lowest BCUT2D eigenvalue weighted by molar-refractivity contribution is -0.126. The van der Waals surface area contributed by atoms with Gasteiger partial charge in [-0.15, -0.1) is 0 Å². The van der Waals surface area contributed by atoms with Crippen LogP contribution in [0.4, 0.5) is 22.0 Å². The Balaban J connectivity index is 1.13. The number of aromatic amines is 1. The molecule has 1 spiro atoms. The number of nitrogens with zero attached hydrogens (tertiary/aromatic N) is 5. The van der Waals surface area contributed by atoms with Crippen molar-refractivity contribution in [3.8, 4) is 11.3 Å². The van der Waals surface area contributed by atoms with E-state index in [-0.39, 0.29) is 23.9 Å². The van der Waals surface area contributed by atoms with Gasteiger partial charge in [0.25, 0.3) is 5.91 Å². The summed E-state index contributed by atoms with van der Waals surface area (Å²) >= 11 is 0. The van der Waals surface area contributed by atoms with Crippen molar-refractivity contribution >= 4 is 46.1 Å². The van der Waals surface area contributed by atoms with Gasteiger partial charge in [-0.2, -0.15) is 0 Å². The normalized spacial score (nSPS) is 21.4. The molecule has 53 heavy (non-hydrogen) atoms. The smallest absolute Gasteiger partial charge is 0.410 e. The van der Waals surface area contributed by atoms with Gasteiger partial charge < -0.3 is 35.1 Å². The van der Waals surface area contributed by atoms with Gasteiger partial charge in [-0.25, -0.2) is 14.8 Å². The summed E-state index contributed by atoms with van der Waals surface area (Å²) in [5.74, 6) is 0.562. The summed E-state index contributed by atoms with van der Waals surface area (Å²) in [7, 11) is 1.62. The standard InChI is InChI=1S/C41H50N8O4/c1-25-9-11-27(20-30(25)37(50)42-5)45-36-35-33(43-24-44-35)23-32(46-36)26-10-12-31-34(19-26)49(29-21-28(22-29)47-15-7-6-8-16-47)38(51)41(31)13-17-48(18-14-41)39(52)53-40(2,3)4/h9-12,19-20,23-24,28-29H,6-8,13-18,21-22H2,1-5H3,(H,42,50)(H,43,44)(H,45,46). The second-order valence-electron chi connectivity index (χ2n) is 16.2. The molecular weight excluding hydrogens is 669 g/mol. The number of aryl methyl sites for hydroxylation is 1. The Hall–Kier alpha value is -4.97. The minimum Gasteiger partial charge on any atom is -0.444 e. The number of ether oxygens (including phenoxy) is 1. The highest BCUT2D eigenvalue weighted by Crippen LogP contribution is 2.52. The van der Waals surface area contributed by atoms with E-state index in [1.807, 2.05) is 52.0 Å². The van der Waals surface area contributed by atoms with Crippen LogP contribution in [-0.4, -0.2) is 93.6 Å². The molecule has 1 aliphatic carbocycles. The number of H-pyrrole nitrogens is 1. The van der Waals surface area contributed by atoms with Gasteiger partial charge in [0.15, 0.2) is 5.82 Å². The van der Waals surface area contributed by atoms with E-state index in [0.717, 1.165) is 65.2 Å². The maximum Gasteiger partial charge on any atom is 0.410 e. The number of rotatable bonds is 6. The van der Waals surface area contributed by atoms with Crippen molar-refractivity contribution in [3.05, 3.63) is 65.5 Å². The van der Waals surface area contributed by atoms with Gasteiger partial charge in [0, 0.05) is 54.7 Å². The lowest BCUT2D eigenvalue weighted by Crippen LogP contribution is -2.58. The molecule has 0 atom stereocenters. The minimum absolute atomic E-state index is 0.128. The zero-order valence-corrected chi connectivity index (χ0v) is 31.4. The van der Waals surface area contributed by atoms with E-state index >= 15 is 0 Å².